The number of carboxylic acids is 1. The average Bonchev–Trinajstić information content (AvgIpc) is 2.33. The molecule has 11 nitrogen and oxygen atoms in total. The van der Waals surface area contributed by atoms with Crippen molar-refractivity contribution in [1.29, 1.82) is 0 Å². The molecular formula is C9H18O11S. The van der Waals surface area contributed by atoms with Crippen molar-refractivity contribution in [3.05, 3.63) is 0 Å². The fraction of sp³-hybridized carbons (Fsp3) is 0.778. The maximum absolute atomic E-state index is 11.1. The summed E-state index contributed by atoms with van der Waals surface area (Å²) in [5.74, 6) is -2.46. The molecule has 126 valence electrons. The van der Waals surface area contributed by atoms with Gasteiger partial charge in [-0.1, -0.05) is 6.92 Å². The molecule has 0 rings (SSSR count). The normalized spacial score (nSPS) is 16.9. The molecule has 0 aromatic heterocycles. The summed E-state index contributed by atoms with van der Waals surface area (Å²) in [4.78, 5) is 21.4. The number of ketones is 1. The molecule has 0 spiro atoms. The molecule has 0 aliphatic rings. The minimum absolute atomic E-state index is 0.00584. The number of hydrogen-bond acceptors (Lipinski definition) is 8. The molecule has 0 aromatic rings. The molecule has 0 aliphatic carbocycles. The summed E-state index contributed by atoms with van der Waals surface area (Å²) in [6.45, 7) is 1.68. The van der Waals surface area contributed by atoms with Crippen LogP contribution >= 0.6 is 0 Å². The van der Waals surface area contributed by atoms with Gasteiger partial charge in [-0.25, -0.2) is 4.79 Å². The number of carbonyl (C=O) groups is 2. The summed E-state index contributed by atoms with van der Waals surface area (Å²) < 4.78 is 31.6. The Balaban J connectivity index is 0. The Hall–Kier alpha value is -1.15. The number of carbonyl (C=O) groups excluding carboxylic acids is 1. The molecule has 0 aromatic carbocycles. The van der Waals surface area contributed by atoms with Gasteiger partial charge >= 0.3 is 16.4 Å². The Kier molecular flexibility index (Phi) is 10.3. The van der Waals surface area contributed by atoms with Crippen LogP contribution in [0.1, 0.15) is 19.8 Å². The SMILES string of the molecule is CCCC(=O)[C@H](O)[C@H](O)[C@@H](O)[C@H](O)C(=O)O.O=S(=O)(O)O. The van der Waals surface area contributed by atoms with Gasteiger partial charge in [0.25, 0.3) is 0 Å². The van der Waals surface area contributed by atoms with Crippen molar-refractivity contribution in [2.24, 2.45) is 0 Å². The monoisotopic (exact) mass is 334 g/mol. The molecule has 0 aliphatic heterocycles. The van der Waals surface area contributed by atoms with E-state index in [9.17, 15) is 19.8 Å². The second-order valence-electron chi connectivity index (χ2n) is 3.87. The summed E-state index contributed by atoms with van der Waals surface area (Å²) in [6.07, 6.45) is -7.85. The topological polar surface area (TPSA) is 210 Å². The molecule has 0 radical (unpaired) electrons. The lowest BCUT2D eigenvalue weighted by Gasteiger charge is -2.23. The van der Waals surface area contributed by atoms with Crippen LogP contribution in [0, 0.1) is 0 Å². The predicted octanol–water partition coefficient (Wildman–Crippen LogP) is -2.77. The first-order chi connectivity index (χ1) is 9.32. The molecule has 0 bridgehead atoms. The molecule has 4 atom stereocenters. The first-order valence-corrected chi connectivity index (χ1v) is 6.90. The Morgan fingerprint density at radius 1 is 0.952 bits per heavy atom. The molecule has 0 saturated carbocycles. The Labute approximate surface area is 120 Å². The van der Waals surface area contributed by atoms with Gasteiger partial charge in [-0.3, -0.25) is 13.9 Å². The standard InChI is InChI=1S/C9H16O7.H2O4S/c1-2-3-4(10)5(11)6(12)7(13)8(14)9(15)16;1-5(2,3)4/h5-8,11-14H,2-3H2,1H3,(H,15,16);(H2,1,2,3,4)/t5-,6-,7+,8-;/m0./s1. The number of carboxylic acid groups (broad SMARTS) is 1. The summed E-state index contributed by atoms with van der Waals surface area (Å²) in [6, 6.07) is 0. The molecule has 0 heterocycles. The van der Waals surface area contributed by atoms with Gasteiger partial charge in [-0.15, -0.1) is 0 Å². The molecule has 21 heavy (non-hydrogen) atoms. The molecule has 0 amide bonds. The van der Waals surface area contributed by atoms with Crippen molar-refractivity contribution in [2.75, 3.05) is 0 Å². The van der Waals surface area contributed by atoms with Gasteiger partial charge < -0.3 is 25.5 Å². The molecule has 0 unspecified atom stereocenters. The Bertz CT molecular complexity index is 423. The zero-order chi connectivity index (χ0) is 17.4. The van der Waals surface area contributed by atoms with E-state index >= 15 is 0 Å². The lowest BCUT2D eigenvalue weighted by Crippen LogP contribution is -2.49. The van der Waals surface area contributed by atoms with Crippen LogP contribution in [-0.2, 0) is 20.0 Å². The predicted molar refractivity (Wildman–Crippen MR) is 65.8 cm³/mol. The van der Waals surface area contributed by atoms with E-state index in [0.29, 0.717) is 6.42 Å². The van der Waals surface area contributed by atoms with Crippen molar-refractivity contribution in [2.45, 2.75) is 44.2 Å². The highest BCUT2D eigenvalue weighted by Crippen LogP contribution is 2.08. The number of aliphatic hydroxyl groups excluding tert-OH is 4. The van der Waals surface area contributed by atoms with Gasteiger partial charge in [-0.2, -0.15) is 8.42 Å². The van der Waals surface area contributed by atoms with Crippen LogP contribution < -0.4 is 0 Å². The first-order valence-electron chi connectivity index (χ1n) is 5.50. The molecular weight excluding hydrogens is 316 g/mol. The highest BCUT2D eigenvalue weighted by molar-refractivity contribution is 7.79. The van der Waals surface area contributed by atoms with Gasteiger partial charge in [0.1, 0.15) is 18.3 Å². The molecule has 0 saturated heterocycles. The molecule has 7 N–H and O–H groups in total. The highest BCUT2D eigenvalue weighted by Gasteiger charge is 2.36. The van der Waals surface area contributed by atoms with E-state index in [1.165, 1.54) is 0 Å². The summed E-state index contributed by atoms with van der Waals surface area (Å²) in [5, 5.41) is 44.9. The summed E-state index contributed by atoms with van der Waals surface area (Å²) in [5.41, 5.74) is 0. The fourth-order valence-corrected chi connectivity index (χ4v) is 1.10. The van der Waals surface area contributed by atoms with Crippen LogP contribution in [0.15, 0.2) is 0 Å². The van der Waals surface area contributed by atoms with Crippen molar-refractivity contribution in [3.63, 3.8) is 0 Å². The third-order valence-electron chi connectivity index (χ3n) is 2.08. The van der Waals surface area contributed by atoms with Crippen LogP contribution in [0.2, 0.25) is 0 Å². The Morgan fingerprint density at radius 3 is 1.57 bits per heavy atom. The number of aliphatic hydroxyl groups is 4. The smallest absolute Gasteiger partial charge is 0.394 e. The number of hydrogen-bond donors (Lipinski definition) is 7. The van der Waals surface area contributed by atoms with E-state index in [4.69, 9.17) is 32.8 Å². The van der Waals surface area contributed by atoms with Crippen molar-refractivity contribution in [1.82, 2.24) is 0 Å². The second-order valence-corrected chi connectivity index (χ2v) is 4.77. The largest absolute Gasteiger partial charge is 0.479 e. The van der Waals surface area contributed by atoms with Crippen molar-refractivity contribution >= 4 is 22.2 Å². The number of aliphatic carboxylic acids is 1. The maximum atomic E-state index is 11.1. The Morgan fingerprint density at radius 2 is 1.29 bits per heavy atom. The first kappa shape index (κ1) is 22.1. The quantitative estimate of drug-likeness (QED) is 0.237. The van der Waals surface area contributed by atoms with Gasteiger partial charge in [-0.05, 0) is 6.42 Å². The zero-order valence-corrected chi connectivity index (χ0v) is 11.7. The van der Waals surface area contributed by atoms with E-state index in [-0.39, 0.29) is 6.42 Å². The highest BCUT2D eigenvalue weighted by atomic mass is 32.3. The van der Waals surface area contributed by atoms with Crippen LogP contribution in [0.5, 0.6) is 0 Å². The fourth-order valence-electron chi connectivity index (χ4n) is 1.10. The lowest BCUT2D eigenvalue weighted by atomic mass is 9.98. The number of Topliss-reactive ketones (excluding diaryl/α,β-unsaturated/α-hetero) is 1. The minimum atomic E-state index is -4.67. The number of rotatable bonds is 7. The van der Waals surface area contributed by atoms with Crippen molar-refractivity contribution < 1.29 is 52.6 Å². The van der Waals surface area contributed by atoms with E-state index in [1.54, 1.807) is 6.92 Å². The second kappa shape index (κ2) is 9.73. The van der Waals surface area contributed by atoms with E-state index in [0.717, 1.165) is 0 Å². The summed E-state index contributed by atoms with van der Waals surface area (Å²) >= 11 is 0. The van der Waals surface area contributed by atoms with Gasteiger partial charge in [0.2, 0.25) is 0 Å². The third kappa shape index (κ3) is 11.2. The lowest BCUT2D eigenvalue weighted by molar-refractivity contribution is -0.165. The zero-order valence-electron chi connectivity index (χ0n) is 10.9. The third-order valence-corrected chi connectivity index (χ3v) is 2.08. The minimum Gasteiger partial charge on any atom is -0.479 e. The van der Waals surface area contributed by atoms with Gasteiger partial charge in [0.15, 0.2) is 11.9 Å². The van der Waals surface area contributed by atoms with Crippen LogP contribution in [0.25, 0.3) is 0 Å². The van der Waals surface area contributed by atoms with E-state index in [2.05, 4.69) is 0 Å². The van der Waals surface area contributed by atoms with Gasteiger partial charge in [0.05, 0.1) is 0 Å². The van der Waals surface area contributed by atoms with Crippen LogP contribution in [0.3, 0.4) is 0 Å². The molecule has 12 heteroatoms. The van der Waals surface area contributed by atoms with Crippen LogP contribution in [0.4, 0.5) is 0 Å². The maximum Gasteiger partial charge on any atom is 0.394 e. The van der Waals surface area contributed by atoms with E-state index < -0.39 is 46.6 Å². The summed E-state index contributed by atoms with van der Waals surface area (Å²) in [7, 11) is -4.67. The van der Waals surface area contributed by atoms with Crippen molar-refractivity contribution in [3.8, 4) is 0 Å². The molecule has 0 fully saturated rings. The average molecular weight is 334 g/mol. The van der Waals surface area contributed by atoms with Crippen LogP contribution in [-0.4, -0.2) is 79.2 Å². The van der Waals surface area contributed by atoms with Gasteiger partial charge in [0, 0.05) is 6.42 Å². The van der Waals surface area contributed by atoms with E-state index in [1.807, 2.05) is 0 Å².